The van der Waals surface area contributed by atoms with Crippen molar-refractivity contribution in [2.75, 3.05) is 59.8 Å². The highest BCUT2D eigenvalue weighted by molar-refractivity contribution is 6.11. The number of hydrogen-bond acceptors (Lipinski definition) is 13. The fraction of sp³-hybridized carbons (Fsp3) is 0.533. The van der Waals surface area contributed by atoms with Crippen LogP contribution in [-0.2, 0) is 36.9 Å². The molecule has 1 aromatic heterocycles. The summed E-state index contributed by atoms with van der Waals surface area (Å²) in [5.41, 5.74) is 2.13. The first kappa shape index (κ1) is 42.6. The van der Waals surface area contributed by atoms with Crippen LogP contribution < -0.4 is 14.2 Å². The number of esters is 1. The second-order valence-corrected chi connectivity index (χ2v) is 16.1. The van der Waals surface area contributed by atoms with Gasteiger partial charge in [0.2, 0.25) is 5.76 Å². The topological polar surface area (TPSA) is 197 Å². The maximum atomic E-state index is 14.0. The van der Waals surface area contributed by atoms with E-state index in [0.29, 0.717) is 24.0 Å². The lowest BCUT2D eigenvalue weighted by Crippen LogP contribution is -2.52. The number of aromatic nitrogens is 1. The van der Waals surface area contributed by atoms with E-state index in [1.165, 1.54) is 0 Å². The number of carbonyl (C=O) groups excluding carboxylic acids is 3. The molecule has 3 aliphatic heterocycles. The van der Waals surface area contributed by atoms with Crippen molar-refractivity contribution in [2.24, 2.45) is 11.8 Å². The van der Waals surface area contributed by atoms with Crippen LogP contribution in [0, 0.1) is 11.8 Å². The van der Waals surface area contributed by atoms with Gasteiger partial charge in [0, 0.05) is 74.4 Å². The van der Waals surface area contributed by atoms with Crippen LogP contribution in [0.2, 0.25) is 0 Å². The van der Waals surface area contributed by atoms with E-state index in [-0.39, 0.29) is 96.7 Å². The van der Waals surface area contributed by atoms with Crippen LogP contribution >= 0.6 is 0 Å². The molecule has 0 bridgehead atoms. The number of rotatable bonds is 16. The minimum atomic E-state index is -1.30. The third-order valence-corrected chi connectivity index (χ3v) is 12.6. The summed E-state index contributed by atoms with van der Waals surface area (Å²) >= 11 is 0. The van der Waals surface area contributed by atoms with Gasteiger partial charge in [0.25, 0.3) is 0 Å². The Morgan fingerprint density at radius 3 is 2.56 bits per heavy atom. The van der Waals surface area contributed by atoms with Gasteiger partial charge in [0.1, 0.15) is 34.7 Å². The number of carbonyl (C=O) groups is 3. The van der Waals surface area contributed by atoms with Crippen LogP contribution in [0.5, 0.6) is 17.2 Å². The quantitative estimate of drug-likeness (QED) is 0.0787. The summed E-state index contributed by atoms with van der Waals surface area (Å²) in [6.45, 7) is 5.47. The molecule has 4 heterocycles. The van der Waals surface area contributed by atoms with Gasteiger partial charge in [-0.3, -0.25) is 9.59 Å². The molecular weight excluding hydrogens is 760 g/mol. The van der Waals surface area contributed by atoms with Gasteiger partial charge < -0.3 is 54.0 Å². The first-order valence-corrected chi connectivity index (χ1v) is 20.7. The van der Waals surface area contributed by atoms with Crippen LogP contribution in [0.25, 0.3) is 16.5 Å². The van der Waals surface area contributed by atoms with Crippen LogP contribution in [0.4, 0.5) is 0 Å². The van der Waals surface area contributed by atoms with Crippen LogP contribution in [0.3, 0.4) is 0 Å². The van der Waals surface area contributed by atoms with Crippen molar-refractivity contribution in [1.29, 1.82) is 0 Å². The number of aliphatic hydroxyl groups is 4. The molecule has 4 atom stereocenters. The van der Waals surface area contributed by atoms with Gasteiger partial charge in [-0.1, -0.05) is 11.6 Å². The molecule has 5 N–H and O–H groups in total. The van der Waals surface area contributed by atoms with Crippen molar-refractivity contribution in [1.82, 2.24) is 9.88 Å². The number of hydrogen-bond donors (Lipinski definition) is 5. The largest absolute Gasteiger partial charge is 0.492 e. The van der Waals surface area contributed by atoms with Gasteiger partial charge in [-0.05, 0) is 94.1 Å². The second-order valence-electron chi connectivity index (χ2n) is 16.1. The Bertz CT molecular complexity index is 2110. The Morgan fingerprint density at radius 1 is 1.07 bits per heavy atom. The number of nitrogens with zero attached hydrogens (tertiary/aromatic N) is 1. The highest BCUT2D eigenvalue weighted by atomic mass is 16.6. The number of ether oxygens (including phenoxy) is 5. The Balaban J connectivity index is 1.37. The van der Waals surface area contributed by atoms with E-state index >= 15 is 0 Å². The average molecular weight is 817 g/mol. The normalized spacial score (nSPS) is 23.4. The molecule has 14 nitrogen and oxygen atoms in total. The summed E-state index contributed by atoms with van der Waals surface area (Å²) in [4.78, 5) is 46.6. The fourth-order valence-electron chi connectivity index (χ4n) is 9.41. The highest BCUT2D eigenvalue weighted by Gasteiger charge is 2.49. The number of allylic oxidation sites excluding steroid dienone is 3. The maximum absolute atomic E-state index is 14.0. The number of aldehydes is 1. The predicted molar refractivity (Wildman–Crippen MR) is 217 cm³/mol. The van der Waals surface area contributed by atoms with Crippen LogP contribution in [-0.4, -0.2) is 120 Å². The second kappa shape index (κ2) is 18.4. The van der Waals surface area contributed by atoms with Crippen molar-refractivity contribution in [3.8, 4) is 17.2 Å². The van der Waals surface area contributed by atoms with E-state index in [1.807, 2.05) is 30.5 Å². The number of fused-ring (bicyclic) bond motifs is 3. The molecule has 0 spiro atoms. The summed E-state index contributed by atoms with van der Waals surface area (Å²) in [6, 6.07) is 7.62. The summed E-state index contributed by atoms with van der Waals surface area (Å²) in [5.74, 6) is -2.54. The maximum Gasteiger partial charge on any atom is 0.375 e. The summed E-state index contributed by atoms with van der Waals surface area (Å²) < 4.78 is 30.1. The SMILES string of the molecule is CCOC(=O)C1=C(C=O)C(=C2CC(CO)C(=O)C(c3ccc4[nH]ccc4c3)C2)c2c(OCCCO)c3c(c(CO)c2O1)OC(C(C)(O)C1CCN(CCCOC)CC1)C3. The first-order valence-electron chi connectivity index (χ1n) is 20.7. The number of benzene rings is 2. The zero-order valence-electron chi connectivity index (χ0n) is 34.1. The van der Waals surface area contributed by atoms with Gasteiger partial charge >= 0.3 is 5.97 Å². The zero-order valence-corrected chi connectivity index (χ0v) is 34.1. The number of ketones is 1. The molecule has 4 aliphatic rings. The molecule has 1 saturated carbocycles. The summed E-state index contributed by atoms with van der Waals surface area (Å²) in [6.07, 6.45) is 4.67. The number of aliphatic hydroxyl groups excluding tert-OH is 3. The highest BCUT2D eigenvalue weighted by Crippen LogP contribution is 2.57. The van der Waals surface area contributed by atoms with Gasteiger partial charge in [-0.2, -0.15) is 0 Å². The molecular formula is C45H56N2O12. The standard InChI is InChI=1S/C45H56N2O12/c1-4-56-44(53)43-33(24-50)37(28-20-29(23-49)39(52)31(21-28)26-7-8-35-27(19-26)9-12-46-35)38-41(57-18-6-16-48)32-22-36(58-40(32)34(25-51)42(38)59-43)45(2,54)30-10-14-47(15-11-30)13-5-17-55-3/h7-9,12,19,24,29-31,36,46,48-49,51,54H,4-6,10-11,13-18,20-23,25H2,1-3H3. The molecule has 0 amide bonds. The monoisotopic (exact) mass is 816 g/mol. The van der Waals surface area contributed by atoms with E-state index in [2.05, 4.69) is 9.88 Å². The fourth-order valence-corrected chi connectivity index (χ4v) is 9.41. The molecule has 2 aromatic carbocycles. The molecule has 1 aliphatic carbocycles. The molecule has 4 unspecified atom stereocenters. The Hall–Kier alpha value is -4.57. The number of nitrogens with one attached hydrogen (secondary N) is 1. The molecule has 1 saturated heterocycles. The number of methoxy groups -OCH3 is 1. The van der Waals surface area contributed by atoms with Crippen molar-refractivity contribution in [3.63, 3.8) is 0 Å². The molecule has 14 heteroatoms. The van der Waals surface area contributed by atoms with Crippen molar-refractivity contribution in [2.45, 2.75) is 83.0 Å². The number of piperidine rings is 1. The lowest BCUT2D eigenvalue weighted by molar-refractivity contribution is -0.141. The Morgan fingerprint density at radius 2 is 1.86 bits per heavy atom. The lowest BCUT2D eigenvalue weighted by atomic mass is 9.71. The smallest absolute Gasteiger partial charge is 0.375 e. The number of aromatic amines is 1. The number of H-pyrrole nitrogens is 1. The van der Waals surface area contributed by atoms with Crippen LogP contribution in [0.15, 0.2) is 47.4 Å². The van der Waals surface area contributed by atoms with E-state index in [4.69, 9.17) is 23.7 Å². The van der Waals surface area contributed by atoms with Crippen molar-refractivity contribution in [3.05, 3.63) is 69.6 Å². The van der Waals surface area contributed by atoms with Gasteiger partial charge in [-0.15, -0.1) is 0 Å². The molecule has 318 valence electrons. The average Bonchev–Trinajstić information content (AvgIpc) is 3.92. The van der Waals surface area contributed by atoms with E-state index < -0.39 is 48.5 Å². The summed E-state index contributed by atoms with van der Waals surface area (Å²) in [7, 11) is 1.69. The molecule has 3 aromatic rings. The third-order valence-electron chi connectivity index (χ3n) is 12.6. The van der Waals surface area contributed by atoms with E-state index in [1.54, 1.807) is 21.0 Å². The summed E-state index contributed by atoms with van der Waals surface area (Å²) in [5, 5.41) is 44.8. The van der Waals surface area contributed by atoms with E-state index in [0.717, 1.165) is 55.4 Å². The zero-order chi connectivity index (χ0) is 41.8. The molecule has 0 radical (unpaired) electrons. The van der Waals surface area contributed by atoms with Crippen molar-refractivity contribution >= 4 is 34.5 Å². The van der Waals surface area contributed by atoms with Gasteiger partial charge in [0.15, 0.2) is 6.29 Å². The van der Waals surface area contributed by atoms with Gasteiger partial charge in [-0.25, -0.2) is 4.79 Å². The molecule has 59 heavy (non-hydrogen) atoms. The Kier molecular flexibility index (Phi) is 13.2. The minimum Gasteiger partial charge on any atom is -0.492 e. The number of likely N-dealkylation sites (tertiary alicyclic amines) is 1. The van der Waals surface area contributed by atoms with Crippen molar-refractivity contribution < 1.29 is 58.5 Å². The van der Waals surface area contributed by atoms with Crippen LogP contribution in [0.1, 0.15) is 80.5 Å². The van der Waals surface area contributed by atoms with Gasteiger partial charge in [0.05, 0.1) is 43.1 Å². The third kappa shape index (κ3) is 8.18. The Labute approximate surface area is 343 Å². The number of Topliss-reactive ketones (excluding diaryl/α,β-unsaturated/α-hetero) is 1. The minimum absolute atomic E-state index is 0.0140. The molecule has 7 rings (SSSR count). The predicted octanol–water partition coefficient (Wildman–Crippen LogP) is 4.14. The first-order chi connectivity index (χ1) is 28.6. The van der Waals surface area contributed by atoms with E-state index in [9.17, 15) is 34.8 Å². The lowest BCUT2D eigenvalue weighted by Gasteiger charge is -2.42. The molecule has 2 fully saturated rings.